The number of rotatable bonds is 6. The largest absolute Gasteiger partial charge is 0.300 e. The van der Waals surface area contributed by atoms with Gasteiger partial charge in [-0.25, -0.2) is 4.98 Å². The molecule has 1 heterocycles. The number of carbonyl (C=O) groups is 1. The minimum absolute atomic E-state index is 0.395. The standard InChI is InChI=1S/C12H19N3O3S/c1-14(2)17-18-19-15-8-11(13-9-15)7-10-3-5-12(16)6-4-10/h8-10H,3-7H2,1-2H3. The van der Waals surface area contributed by atoms with Gasteiger partial charge in [0.2, 0.25) is 0 Å². The van der Waals surface area contributed by atoms with Gasteiger partial charge in [0.05, 0.1) is 5.69 Å². The highest BCUT2D eigenvalue weighted by molar-refractivity contribution is 7.93. The van der Waals surface area contributed by atoms with Crippen LogP contribution in [0.15, 0.2) is 12.5 Å². The molecule has 1 saturated carbocycles. The fourth-order valence-corrected chi connectivity index (χ4v) is 2.57. The van der Waals surface area contributed by atoms with Gasteiger partial charge < -0.3 is 0 Å². The Kier molecular flexibility index (Phi) is 5.38. The van der Waals surface area contributed by atoms with Crippen molar-refractivity contribution in [3.63, 3.8) is 0 Å². The normalized spacial score (nSPS) is 17.3. The smallest absolute Gasteiger partial charge is 0.159 e. The molecular formula is C12H19N3O3S. The quantitative estimate of drug-likeness (QED) is 0.453. The van der Waals surface area contributed by atoms with Crippen molar-refractivity contribution >= 4 is 18.0 Å². The number of imidazole rings is 1. The molecule has 1 aromatic rings. The third-order valence-corrected chi connectivity index (χ3v) is 3.56. The third kappa shape index (κ3) is 4.94. The molecule has 2 rings (SSSR count). The molecule has 6 nitrogen and oxygen atoms in total. The molecule has 0 radical (unpaired) electrons. The van der Waals surface area contributed by atoms with E-state index < -0.39 is 0 Å². The zero-order chi connectivity index (χ0) is 13.7. The topological polar surface area (TPSA) is 56.6 Å². The predicted molar refractivity (Wildman–Crippen MR) is 71.7 cm³/mol. The summed E-state index contributed by atoms with van der Waals surface area (Å²) in [4.78, 5) is 20.3. The number of hydroxylamine groups is 2. The maximum Gasteiger partial charge on any atom is 0.159 e. The molecule has 0 spiro atoms. The molecule has 0 amide bonds. The highest BCUT2D eigenvalue weighted by Gasteiger charge is 2.19. The Balaban J connectivity index is 1.75. The van der Waals surface area contributed by atoms with Crippen LogP contribution in [0.4, 0.5) is 0 Å². The molecule has 0 bridgehead atoms. The number of carbonyl (C=O) groups excluding carboxylic acids is 1. The van der Waals surface area contributed by atoms with E-state index in [9.17, 15) is 4.79 Å². The fourth-order valence-electron chi connectivity index (χ4n) is 2.10. The second kappa shape index (κ2) is 7.04. The third-order valence-electron chi connectivity index (χ3n) is 3.07. The van der Waals surface area contributed by atoms with E-state index in [-0.39, 0.29) is 0 Å². The zero-order valence-corrected chi connectivity index (χ0v) is 12.1. The first-order valence-corrected chi connectivity index (χ1v) is 7.07. The van der Waals surface area contributed by atoms with Crippen LogP contribution in [0.3, 0.4) is 0 Å². The van der Waals surface area contributed by atoms with Crippen molar-refractivity contribution < 1.29 is 14.1 Å². The van der Waals surface area contributed by atoms with Gasteiger partial charge in [-0.1, -0.05) is 0 Å². The van der Waals surface area contributed by atoms with Gasteiger partial charge in [0.25, 0.3) is 0 Å². The molecule has 1 fully saturated rings. The first-order valence-electron chi connectivity index (χ1n) is 6.37. The van der Waals surface area contributed by atoms with Gasteiger partial charge in [0.1, 0.15) is 12.1 Å². The van der Waals surface area contributed by atoms with Crippen molar-refractivity contribution in [3.05, 3.63) is 18.2 Å². The van der Waals surface area contributed by atoms with Gasteiger partial charge >= 0.3 is 0 Å². The molecule has 0 saturated heterocycles. The van der Waals surface area contributed by atoms with Gasteiger partial charge in [-0.2, -0.15) is 5.06 Å². The first-order chi connectivity index (χ1) is 9.13. The van der Waals surface area contributed by atoms with Crippen LogP contribution in [-0.2, 0) is 20.5 Å². The van der Waals surface area contributed by atoms with Crippen LogP contribution in [0.5, 0.6) is 0 Å². The average molecular weight is 285 g/mol. The van der Waals surface area contributed by atoms with E-state index in [1.807, 2.05) is 6.20 Å². The van der Waals surface area contributed by atoms with Gasteiger partial charge in [0.15, 0.2) is 12.2 Å². The van der Waals surface area contributed by atoms with Crippen LogP contribution in [0.2, 0.25) is 0 Å². The summed E-state index contributed by atoms with van der Waals surface area (Å²) in [5, 5.41) is 1.46. The molecule has 0 unspecified atom stereocenters. The lowest BCUT2D eigenvalue weighted by Gasteiger charge is -2.19. The first kappa shape index (κ1) is 14.5. The van der Waals surface area contributed by atoms with E-state index in [2.05, 4.69) is 4.98 Å². The predicted octanol–water partition coefficient (Wildman–Crippen LogP) is 2.02. The second-order valence-corrected chi connectivity index (χ2v) is 5.65. The Morgan fingerprint density at radius 2 is 2.21 bits per heavy atom. The van der Waals surface area contributed by atoms with Crippen LogP contribution >= 0.6 is 12.2 Å². The van der Waals surface area contributed by atoms with Crippen LogP contribution in [0.25, 0.3) is 0 Å². The summed E-state index contributed by atoms with van der Waals surface area (Å²) in [6.07, 6.45) is 7.97. The van der Waals surface area contributed by atoms with Gasteiger partial charge in [0, 0.05) is 33.1 Å². The molecule has 19 heavy (non-hydrogen) atoms. The van der Waals surface area contributed by atoms with E-state index in [1.165, 1.54) is 5.06 Å². The van der Waals surface area contributed by atoms with Crippen LogP contribution in [0.1, 0.15) is 31.4 Å². The highest BCUT2D eigenvalue weighted by atomic mass is 32.2. The lowest BCUT2D eigenvalue weighted by molar-refractivity contribution is -0.340. The SMILES string of the molecule is CN(C)OOSn1cnc(CC2CCC(=O)CC2)c1. The summed E-state index contributed by atoms with van der Waals surface area (Å²) in [6, 6.07) is 0. The van der Waals surface area contributed by atoms with Crippen molar-refractivity contribution in [2.24, 2.45) is 5.92 Å². The Bertz CT molecular complexity index is 412. The molecule has 1 aliphatic carbocycles. The molecule has 0 aliphatic heterocycles. The maximum atomic E-state index is 11.2. The minimum Gasteiger partial charge on any atom is -0.300 e. The van der Waals surface area contributed by atoms with Gasteiger partial charge in [-0.05, 0) is 25.2 Å². The number of nitrogens with zero attached hydrogens (tertiary/aromatic N) is 3. The molecule has 1 aliphatic rings. The number of hydrogen-bond donors (Lipinski definition) is 0. The fraction of sp³-hybridized carbons (Fsp3) is 0.667. The summed E-state index contributed by atoms with van der Waals surface area (Å²) in [6.45, 7) is 0. The summed E-state index contributed by atoms with van der Waals surface area (Å²) >= 11 is 1.07. The highest BCUT2D eigenvalue weighted by Crippen LogP contribution is 2.25. The Hall–Kier alpha value is -0.890. The van der Waals surface area contributed by atoms with Gasteiger partial charge in [-0.15, -0.1) is 9.32 Å². The minimum atomic E-state index is 0.395. The Labute approximate surface area is 117 Å². The molecule has 0 N–H and O–H groups in total. The summed E-state index contributed by atoms with van der Waals surface area (Å²) < 4.78 is 6.68. The number of aromatic nitrogens is 2. The lowest BCUT2D eigenvalue weighted by Crippen LogP contribution is -2.15. The average Bonchev–Trinajstić information content (AvgIpc) is 2.79. The summed E-state index contributed by atoms with van der Waals surface area (Å²) in [5.74, 6) is 0.969. The Morgan fingerprint density at radius 3 is 2.89 bits per heavy atom. The van der Waals surface area contributed by atoms with E-state index in [4.69, 9.17) is 9.32 Å². The van der Waals surface area contributed by atoms with Crippen LogP contribution in [-0.4, -0.2) is 33.9 Å². The summed E-state index contributed by atoms with van der Waals surface area (Å²) in [7, 11) is 3.48. The van der Waals surface area contributed by atoms with Crippen LogP contribution < -0.4 is 0 Å². The molecular weight excluding hydrogens is 266 g/mol. The molecule has 7 heteroatoms. The monoisotopic (exact) mass is 285 g/mol. The zero-order valence-electron chi connectivity index (χ0n) is 11.2. The number of Topliss-reactive ketones (excluding diaryl/α,β-unsaturated/α-hetero) is 1. The number of hydrogen-bond acceptors (Lipinski definition) is 6. The van der Waals surface area contributed by atoms with Crippen molar-refractivity contribution in [2.45, 2.75) is 32.1 Å². The number of ketones is 1. The van der Waals surface area contributed by atoms with E-state index in [1.54, 1.807) is 24.4 Å². The lowest BCUT2D eigenvalue weighted by atomic mass is 9.85. The second-order valence-electron chi connectivity index (χ2n) is 4.94. The Morgan fingerprint density at radius 1 is 1.47 bits per heavy atom. The van der Waals surface area contributed by atoms with Crippen molar-refractivity contribution in [1.29, 1.82) is 0 Å². The molecule has 0 aromatic carbocycles. The molecule has 1 aromatic heterocycles. The van der Waals surface area contributed by atoms with E-state index in [0.717, 1.165) is 50.0 Å². The summed E-state index contributed by atoms with van der Waals surface area (Å²) in [5.41, 5.74) is 1.03. The molecule has 106 valence electrons. The van der Waals surface area contributed by atoms with E-state index in [0.29, 0.717) is 11.7 Å². The van der Waals surface area contributed by atoms with Crippen molar-refractivity contribution in [1.82, 2.24) is 14.0 Å². The molecule has 0 atom stereocenters. The van der Waals surface area contributed by atoms with Crippen LogP contribution in [0, 0.1) is 5.92 Å². The van der Waals surface area contributed by atoms with Crippen molar-refractivity contribution in [3.8, 4) is 0 Å². The van der Waals surface area contributed by atoms with Gasteiger partial charge in [-0.3, -0.25) is 8.77 Å². The van der Waals surface area contributed by atoms with Crippen molar-refractivity contribution in [2.75, 3.05) is 14.1 Å². The maximum absolute atomic E-state index is 11.2. The van der Waals surface area contributed by atoms with E-state index >= 15 is 0 Å².